The SMILES string of the molecule is [C-]#[N+]CCOP(OCCOCCOCCOCCOCCOCCOCCOCCOCCC(=O)N[C@@H](CCC(=O)N[C@@H](CCC(=O)NCCOCCOC1OC(COC(C)=O)C(OC(C)=O)C(C)C1NC(C)=O)C(=O)NCCOCCOC1OC(COC(C)=O)C(OC(C)=O)C(C)C1NC(C)=O)C(=O)NCCOCCOC1OC(COC(C)=O)C(OC(C)=O)C(C)C1NC(C)=O)N(C(C)C)C(C)C. The molecule has 139 heavy (non-hydrogen) atoms. The number of nitrogens with zero attached hydrogens (tertiary/aromatic N) is 2. The third kappa shape index (κ3) is 56.4. The second kappa shape index (κ2) is 74.6. The highest BCUT2D eigenvalue weighted by Crippen LogP contribution is 2.46. The molecule has 3 aliphatic rings. The van der Waals surface area contributed by atoms with E-state index >= 15 is 0 Å². The molecule has 798 valence electrons. The van der Waals surface area contributed by atoms with Crippen molar-refractivity contribution < 1.29 is 185 Å². The van der Waals surface area contributed by atoms with Gasteiger partial charge in [-0.15, -0.1) is 0 Å². The molecular weight excluding hydrogens is 1860 g/mol. The van der Waals surface area contributed by atoms with Crippen LogP contribution < -0.4 is 42.5 Å². The standard InChI is InChI=1S/C89H153N10O39P/c1-57(2)99(58(3)4)139(131-31-23-90-17)132-53-49-124-45-44-123-43-42-122-41-40-121-39-38-120-37-36-119-35-34-118-33-32-114-27-22-78(111)98-72(86(113)93-26-30-117-48-52-127-89-81(96-64(10)102)61(7)84(135-70(16)108)75(138-89)56-130-67(13)105)19-21-77(110)97-71(85(112)92-25-29-116-47-51-126-88-80(95-63(9)101)60(6)83(134-69(15)107)74(137-88)55-129-66(12)104)18-20-76(109)91-24-28-115-46-50-125-87-79(94-62(8)100)59(5)82(133-68(14)106)73(136-87)54-128-65(11)103/h57-61,71-75,79-84,87-89H,18-56H2,1-16H3,(H,91,109)(H,92,112)(H,93,113)(H,94,100)(H,95,101)(H,96,102)(H,97,110)(H,98,111)/t59?,60?,61?,71-,72-,73?,74?,75?,79?,80?,81?,82?,83?,84?,87?,88?,89?,139?/m0/s1. The number of nitrogens with one attached hydrogen (secondary N) is 8. The first-order valence-electron chi connectivity index (χ1n) is 46.9. The summed E-state index contributed by atoms with van der Waals surface area (Å²) >= 11 is 0. The number of esters is 6. The van der Waals surface area contributed by atoms with Gasteiger partial charge < -0.3 is 165 Å². The molecule has 0 aromatic heterocycles. The Morgan fingerprint density at radius 2 is 0.612 bits per heavy atom. The van der Waals surface area contributed by atoms with Crippen LogP contribution in [0.1, 0.15) is 143 Å². The monoisotopic (exact) mass is 2020 g/mol. The first-order chi connectivity index (χ1) is 66.4. The van der Waals surface area contributed by atoms with Crippen LogP contribution in [0.15, 0.2) is 0 Å². The molecule has 3 rings (SSSR count). The Labute approximate surface area is 814 Å². The van der Waals surface area contributed by atoms with Crippen molar-refractivity contribution in [2.24, 2.45) is 17.8 Å². The largest absolute Gasteiger partial charge is 0.463 e. The minimum Gasteiger partial charge on any atom is -0.463 e. The molecule has 50 heteroatoms. The molecule has 3 fully saturated rings. The fraction of sp³-hybridized carbons (Fsp3) is 0.831. The van der Waals surface area contributed by atoms with Gasteiger partial charge in [0.1, 0.15) is 75.1 Å². The second-order valence-electron chi connectivity index (χ2n) is 32.7. The fourth-order valence-electron chi connectivity index (χ4n) is 14.2. The van der Waals surface area contributed by atoms with Gasteiger partial charge in [-0.05, 0) is 40.5 Å². The highest BCUT2D eigenvalue weighted by molar-refractivity contribution is 7.44. The van der Waals surface area contributed by atoms with E-state index in [-0.39, 0.29) is 176 Å². The van der Waals surface area contributed by atoms with E-state index in [1.807, 2.05) is 0 Å². The first kappa shape index (κ1) is 125. The summed E-state index contributed by atoms with van der Waals surface area (Å²) in [5.41, 5.74) is 0. The minimum atomic E-state index is -1.38. The number of hydrogen-bond acceptors (Lipinski definition) is 40. The molecule has 3 saturated heterocycles. The summed E-state index contributed by atoms with van der Waals surface area (Å²) in [4.78, 5) is 181. The molecule has 0 bridgehead atoms. The molecule has 0 saturated carbocycles. The topological polar surface area (TPSA) is 574 Å². The molecule has 0 aliphatic carbocycles. The lowest BCUT2D eigenvalue weighted by Gasteiger charge is -2.44. The number of hydrogen-bond donors (Lipinski definition) is 8. The Bertz CT molecular complexity index is 3610. The van der Waals surface area contributed by atoms with Crippen molar-refractivity contribution in [3.05, 3.63) is 11.4 Å². The average Bonchev–Trinajstić information content (AvgIpc) is 0.803. The Kier molecular flexibility index (Phi) is 67.0. The fourth-order valence-corrected chi connectivity index (χ4v) is 15.8. The molecule has 3 heterocycles. The smallest absolute Gasteiger partial charge is 0.303 e. The van der Waals surface area contributed by atoms with Gasteiger partial charge in [0.15, 0.2) is 18.9 Å². The molecule has 0 spiro atoms. The van der Waals surface area contributed by atoms with E-state index in [2.05, 4.69) is 79.7 Å². The number of amides is 8. The van der Waals surface area contributed by atoms with Crippen molar-refractivity contribution >= 4 is 91.6 Å². The van der Waals surface area contributed by atoms with E-state index in [9.17, 15) is 67.1 Å². The van der Waals surface area contributed by atoms with E-state index in [0.717, 1.165) is 0 Å². The molecule has 18 atom stereocenters. The Morgan fingerprint density at radius 1 is 0.338 bits per heavy atom. The summed E-state index contributed by atoms with van der Waals surface area (Å²) in [6.45, 7) is 35.2. The Hall–Kier alpha value is -8.30. The number of carbonyl (C=O) groups excluding carboxylic acids is 14. The zero-order valence-corrected chi connectivity index (χ0v) is 84.2. The Balaban J connectivity index is 1.63. The third-order valence-corrected chi connectivity index (χ3v) is 22.6. The number of rotatable bonds is 77. The molecule has 16 unspecified atom stereocenters. The lowest BCUT2D eigenvalue weighted by Crippen LogP contribution is -2.62. The predicted octanol–water partition coefficient (Wildman–Crippen LogP) is -0.133. The zero-order valence-electron chi connectivity index (χ0n) is 83.3. The summed E-state index contributed by atoms with van der Waals surface area (Å²) in [6.07, 6.45) is -10.7. The highest BCUT2D eigenvalue weighted by Gasteiger charge is 2.50. The highest BCUT2D eigenvalue weighted by atomic mass is 31.2. The van der Waals surface area contributed by atoms with Gasteiger partial charge in [-0.25, -0.2) is 11.2 Å². The normalized spacial score (nSPS) is 21.9. The lowest BCUT2D eigenvalue weighted by molar-refractivity contribution is -0.264. The van der Waals surface area contributed by atoms with Gasteiger partial charge in [-0.3, -0.25) is 67.1 Å². The van der Waals surface area contributed by atoms with E-state index in [4.69, 9.17) is 125 Å². The quantitative estimate of drug-likeness (QED) is 0.0129. The van der Waals surface area contributed by atoms with Gasteiger partial charge in [0.25, 0.3) is 8.53 Å². The zero-order chi connectivity index (χ0) is 103. The van der Waals surface area contributed by atoms with Gasteiger partial charge in [0.2, 0.25) is 53.8 Å². The van der Waals surface area contributed by atoms with Crippen LogP contribution in [-0.4, -0.2) is 410 Å². The van der Waals surface area contributed by atoms with Crippen molar-refractivity contribution in [3.8, 4) is 0 Å². The summed E-state index contributed by atoms with van der Waals surface area (Å²) in [5.74, 6) is -10.2. The van der Waals surface area contributed by atoms with E-state index in [1.54, 1.807) is 20.8 Å². The Morgan fingerprint density at radius 3 is 0.906 bits per heavy atom. The molecule has 49 nitrogen and oxygen atoms in total. The second-order valence-corrected chi connectivity index (χ2v) is 34.2. The van der Waals surface area contributed by atoms with Crippen molar-refractivity contribution in [3.63, 3.8) is 0 Å². The molecule has 8 amide bonds. The molecule has 0 aromatic carbocycles. The van der Waals surface area contributed by atoms with Crippen LogP contribution in [0.3, 0.4) is 0 Å². The van der Waals surface area contributed by atoms with Gasteiger partial charge in [-0.1, -0.05) is 20.8 Å². The predicted molar refractivity (Wildman–Crippen MR) is 488 cm³/mol. The van der Waals surface area contributed by atoms with Crippen LogP contribution in [0.25, 0.3) is 4.85 Å². The van der Waals surface area contributed by atoms with Crippen LogP contribution in [0.4, 0.5) is 0 Å². The maximum Gasteiger partial charge on any atom is 0.303 e. The number of carbonyl (C=O) groups is 14. The third-order valence-electron chi connectivity index (χ3n) is 20.5. The van der Waals surface area contributed by atoms with Gasteiger partial charge in [0.05, 0.1) is 190 Å². The molecule has 0 radical (unpaired) electrons. The van der Waals surface area contributed by atoms with E-state index in [1.165, 1.54) is 62.3 Å². The van der Waals surface area contributed by atoms with Crippen molar-refractivity contribution in [2.75, 3.05) is 224 Å². The van der Waals surface area contributed by atoms with Crippen molar-refractivity contribution in [2.45, 2.75) is 241 Å². The molecule has 3 aliphatic heterocycles. The van der Waals surface area contributed by atoms with Crippen LogP contribution in [0, 0.1) is 24.3 Å². The summed E-state index contributed by atoms with van der Waals surface area (Å²) in [7, 11) is -1.32. The van der Waals surface area contributed by atoms with Gasteiger partial charge >= 0.3 is 35.8 Å². The van der Waals surface area contributed by atoms with Crippen molar-refractivity contribution in [1.82, 2.24) is 47.2 Å². The van der Waals surface area contributed by atoms with Gasteiger partial charge in [0, 0.05) is 131 Å². The van der Waals surface area contributed by atoms with E-state index < -0.39 is 201 Å². The maximum absolute atomic E-state index is 14.1. The first-order valence-corrected chi connectivity index (χ1v) is 48.0. The number of ether oxygens (including phenoxy) is 23. The minimum absolute atomic E-state index is 0.0319. The molecule has 8 N–H and O–H groups in total. The van der Waals surface area contributed by atoms with Crippen molar-refractivity contribution in [1.29, 1.82) is 0 Å². The summed E-state index contributed by atoms with van der Waals surface area (Å²) < 4.78 is 145. The van der Waals surface area contributed by atoms with Gasteiger partial charge in [-0.2, -0.15) is 0 Å². The molecule has 0 aromatic rings. The van der Waals surface area contributed by atoms with Crippen LogP contribution in [0.2, 0.25) is 0 Å². The van der Waals surface area contributed by atoms with E-state index in [0.29, 0.717) is 85.9 Å². The average molecular weight is 2020 g/mol. The van der Waals surface area contributed by atoms with Crippen LogP contribution >= 0.6 is 8.53 Å². The maximum atomic E-state index is 14.1. The lowest BCUT2D eigenvalue weighted by atomic mass is 9.88. The van der Waals surface area contributed by atoms with Crippen LogP contribution in [-0.2, 0) is 185 Å². The van der Waals surface area contributed by atoms with Crippen LogP contribution in [0.5, 0.6) is 0 Å². The molecular formula is C89H153N10O39P. The summed E-state index contributed by atoms with van der Waals surface area (Å²) in [5, 5.41) is 21.7. The summed E-state index contributed by atoms with van der Waals surface area (Å²) in [6, 6.07) is -4.80.